The number of nitrogens with one attached hydrogen (secondary N) is 2. The van der Waals surface area contributed by atoms with Gasteiger partial charge in [0, 0.05) is 29.7 Å². The third-order valence-corrected chi connectivity index (χ3v) is 6.04. The summed E-state index contributed by atoms with van der Waals surface area (Å²) in [5, 5.41) is 3.04. The first-order valence-electron chi connectivity index (χ1n) is 9.10. The Balaban J connectivity index is 1.77. The molecule has 2 aromatic rings. The summed E-state index contributed by atoms with van der Waals surface area (Å²) in [5.74, 6) is 0.623. The summed E-state index contributed by atoms with van der Waals surface area (Å²) in [7, 11) is -3.67. The van der Waals surface area contributed by atoms with Gasteiger partial charge in [-0.1, -0.05) is 11.6 Å². The molecule has 7 nitrogen and oxygen atoms in total. The lowest BCUT2D eigenvalue weighted by Gasteiger charge is -2.20. The Kier molecular flexibility index (Phi) is 6.07. The molecular weight excluding hydrogens is 416 g/mol. The molecule has 0 fully saturated rings. The summed E-state index contributed by atoms with van der Waals surface area (Å²) in [6, 6.07) is 8.89. The molecule has 0 unspecified atom stereocenters. The predicted octanol–water partition coefficient (Wildman–Crippen LogP) is 3.83. The SMILES string of the molecule is CC(C)(C)NS(=O)(=O)c1ccc(C(=O)Nc2cc3c(cc2Cl)OCCCO3)cc1. The van der Waals surface area contributed by atoms with Gasteiger partial charge in [0.05, 0.1) is 28.8 Å². The van der Waals surface area contributed by atoms with E-state index < -0.39 is 21.5 Å². The van der Waals surface area contributed by atoms with Gasteiger partial charge in [-0.15, -0.1) is 0 Å². The molecule has 1 aliphatic rings. The molecule has 3 rings (SSSR count). The molecular formula is C20H23ClN2O5S. The highest BCUT2D eigenvalue weighted by Crippen LogP contribution is 2.37. The topological polar surface area (TPSA) is 93.7 Å². The van der Waals surface area contributed by atoms with Crippen LogP contribution in [0, 0.1) is 0 Å². The fourth-order valence-corrected chi connectivity index (χ4v) is 4.34. The highest BCUT2D eigenvalue weighted by atomic mass is 35.5. The number of benzene rings is 2. The Labute approximate surface area is 175 Å². The summed E-state index contributed by atoms with van der Waals surface area (Å²) < 4.78 is 38.5. The summed E-state index contributed by atoms with van der Waals surface area (Å²) in [4.78, 5) is 12.7. The quantitative estimate of drug-likeness (QED) is 0.756. The number of fused-ring (bicyclic) bond motifs is 1. The molecule has 0 atom stereocenters. The Hall–Kier alpha value is -2.29. The van der Waals surface area contributed by atoms with Gasteiger partial charge in [-0.3, -0.25) is 4.79 Å². The standard InChI is InChI=1S/C20H23ClN2O5S/c1-20(2,3)23-29(25,26)14-7-5-13(6-8-14)19(24)22-16-12-18-17(11-15(16)21)27-9-4-10-28-18/h5-8,11-12,23H,4,9-10H2,1-3H3,(H,22,24). The fourth-order valence-electron chi connectivity index (χ4n) is 2.72. The second-order valence-corrected chi connectivity index (χ2v) is 9.75. The van der Waals surface area contributed by atoms with Gasteiger partial charge in [0.1, 0.15) is 0 Å². The van der Waals surface area contributed by atoms with E-state index in [1.54, 1.807) is 32.9 Å². The second kappa shape index (κ2) is 8.22. The Morgan fingerprint density at radius 2 is 1.62 bits per heavy atom. The van der Waals surface area contributed by atoms with E-state index in [2.05, 4.69) is 10.0 Å². The van der Waals surface area contributed by atoms with Crippen molar-refractivity contribution in [3.63, 3.8) is 0 Å². The minimum atomic E-state index is -3.67. The number of sulfonamides is 1. The van der Waals surface area contributed by atoms with E-state index in [1.165, 1.54) is 24.3 Å². The van der Waals surface area contributed by atoms with Crippen molar-refractivity contribution in [1.29, 1.82) is 0 Å². The van der Waals surface area contributed by atoms with Crippen LogP contribution < -0.4 is 19.5 Å². The maximum atomic E-state index is 12.6. The number of halogens is 1. The molecule has 1 amide bonds. The molecule has 29 heavy (non-hydrogen) atoms. The predicted molar refractivity (Wildman–Crippen MR) is 112 cm³/mol. The van der Waals surface area contributed by atoms with Crippen molar-refractivity contribution < 1.29 is 22.7 Å². The highest BCUT2D eigenvalue weighted by Gasteiger charge is 2.22. The number of hydrogen-bond donors (Lipinski definition) is 2. The number of ether oxygens (including phenoxy) is 2. The van der Waals surface area contributed by atoms with Crippen molar-refractivity contribution in [3.05, 3.63) is 47.0 Å². The van der Waals surface area contributed by atoms with Gasteiger partial charge >= 0.3 is 0 Å². The average molecular weight is 439 g/mol. The number of carbonyl (C=O) groups is 1. The normalized spacial score (nSPS) is 14.2. The summed E-state index contributed by atoms with van der Waals surface area (Å²) in [6.45, 7) is 6.32. The molecule has 1 aliphatic heterocycles. The van der Waals surface area contributed by atoms with E-state index in [0.717, 1.165) is 6.42 Å². The molecule has 0 saturated carbocycles. The van der Waals surface area contributed by atoms with Crippen LogP contribution in [0.15, 0.2) is 41.3 Å². The van der Waals surface area contributed by atoms with Crippen LogP contribution in [0.1, 0.15) is 37.6 Å². The highest BCUT2D eigenvalue weighted by molar-refractivity contribution is 7.89. The van der Waals surface area contributed by atoms with Crippen LogP contribution in [-0.4, -0.2) is 33.1 Å². The van der Waals surface area contributed by atoms with Gasteiger partial charge in [-0.25, -0.2) is 13.1 Å². The molecule has 156 valence electrons. The summed E-state index contributed by atoms with van der Waals surface area (Å²) in [6.07, 6.45) is 0.757. The monoisotopic (exact) mass is 438 g/mol. The number of carbonyl (C=O) groups excluding carboxylic acids is 1. The van der Waals surface area contributed by atoms with Gasteiger partial charge in [0.2, 0.25) is 10.0 Å². The zero-order chi connectivity index (χ0) is 21.2. The molecule has 2 N–H and O–H groups in total. The van der Waals surface area contributed by atoms with Crippen LogP contribution in [-0.2, 0) is 10.0 Å². The van der Waals surface area contributed by atoms with E-state index in [-0.39, 0.29) is 4.90 Å². The lowest BCUT2D eigenvalue weighted by atomic mass is 10.1. The fraction of sp³-hybridized carbons (Fsp3) is 0.350. The second-order valence-electron chi connectivity index (χ2n) is 7.66. The largest absolute Gasteiger partial charge is 0.490 e. The van der Waals surface area contributed by atoms with Crippen LogP contribution in [0.2, 0.25) is 5.02 Å². The average Bonchev–Trinajstić information content (AvgIpc) is 2.85. The molecule has 2 aromatic carbocycles. The molecule has 9 heteroatoms. The third kappa shape index (κ3) is 5.41. The van der Waals surface area contributed by atoms with Gasteiger partial charge in [-0.2, -0.15) is 0 Å². The van der Waals surface area contributed by atoms with E-state index in [4.69, 9.17) is 21.1 Å². The van der Waals surface area contributed by atoms with Crippen LogP contribution in [0.4, 0.5) is 5.69 Å². The summed E-state index contributed by atoms with van der Waals surface area (Å²) >= 11 is 6.25. The smallest absolute Gasteiger partial charge is 0.255 e. The van der Waals surface area contributed by atoms with Crippen LogP contribution in [0.25, 0.3) is 0 Å². The van der Waals surface area contributed by atoms with Crippen LogP contribution in [0.3, 0.4) is 0 Å². The first kappa shape index (κ1) is 21.4. The molecule has 0 aromatic heterocycles. The minimum absolute atomic E-state index is 0.0811. The molecule has 0 bridgehead atoms. The van der Waals surface area contributed by atoms with Crippen molar-refractivity contribution in [2.24, 2.45) is 0 Å². The lowest BCUT2D eigenvalue weighted by Crippen LogP contribution is -2.40. The van der Waals surface area contributed by atoms with Gasteiger partial charge in [0.15, 0.2) is 11.5 Å². The van der Waals surface area contributed by atoms with Gasteiger partial charge in [-0.05, 0) is 45.0 Å². The zero-order valence-electron chi connectivity index (χ0n) is 16.4. The molecule has 0 radical (unpaired) electrons. The number of amides is 1. The van der Waals surface area contributed by atoms with E-state index in [9.17, 15) is 13.2 Å². The third-order valence-electron chi connectivity index (χ3n) is 3.95. The van der Waals surface area contributed by atoms with Crippen molar-refractivity contribution in [2.75, 3.05) is 18.5 Å². The van der Waals surface area contributed by atoms with Crippen molar-refractivity contribution in [3.8, 4) is 11.5 Å². The van der Waals surface area contributed by atoms with Crippen LogP contribution in [0.5, 0.6) is 11.5 Å². The Bertz CT molecular complexity index is 1010. The number of hydrogen-bond acceptors (Lipinski definition) is 5. The number of rotatable bonds is 4. The van der Waals surface area contributed by atoms with Crippen molar-refractivity contribution in [2.45, 2.75) is 37.6 Å². The minimum Gasteiger partial charge on any atom is -0.490 e. The maximum Gasteiger partial charge on any atom is 0.255 e. The summed E-state index contributed by atoms with van der Waals surface area (Å²) in [5.41, 5.74) is 0.0674. The Morgan fingerprint density at radius 1 is 1.03 bits per heavy atom. The zero-order valence-corrected chi connectivity index (χ0v) is 18.0. The van der Waals surface area contributed by atoms with E-state index in [0.29, 0.717) is 41.0 Å². The molecule has 0 spiro atoms. The molecule has 1 heterocycles. The first-order valence-corrected chi connectivity index (χ1v) is 11.0. The van der Waals surface area contributed by atoms with Gasteiger partial charge in [0.25, 0.3) is 5.91 Å². The van der Waals surface area contributed by atoms with Crippen LogP contribution >= 0.6 is 11.6 Å². The first-order chi connectivity index (χ1) is 13.5. The molecule has 0 saturated heterocycles. The molecule has 0 aliphatic carbocycles. The Morgan fingerprint density at radius 3 is 2.21 bits per heavy atom. The lowest BCUT2D eigenvalue weighted by molar-refractivity contribution is 0.102. The van der Waals surface area contributed by atoms with Crippen molar-refractivity contribution >= 4 is 33.2 Å². The van der Waals surface area contributed by atoms with E-state index >= 15 is 0 Å². The van der Waals surface area contributed by atoms with Crippen molar-refractivity contribution in [1.82, 2.24) is 4.72 Å². The van der Waals surface area contributed by atoms with Gasteiger partial charge < -0.3 is 14.8 Å². The van der Waals surface area contributed by atoms with E-state index in [1.807, 2.05) is 0 Å². The number of anilines is 1. The maximum absolute atomic E-state index is 12.6.